The van der Waals surface area contributed by atoms with Crippen LogP contribution < -0.4 is 11.5 Å². The van der Waals surface area contributed by atoms with Gasteiger partial charge in [0.15, 0.2) is 11.7 Å². The Labute approximate surface area is 260 Å². The van der Waals surface area contributed by atoms with E-state index in [1.54, 1.807) is 0 Å². The molecule has 0 radical (unpaired) electrons. The van der Waals surface area contributed by atoms with Gasteiger partial charge in [-0.3, -0.25) is 14.6 Å². The third-order valence-corrected chi connectivity index (χ3v) is 13.8. The molecule has 3 fully saturated rings. The van der Waals surface area contributed by atoms with Gasteiger partial charge in [-0.15, -0.1) is 0 Å². The first-order chi connectivity index (χ1) is 20.1. The van der Waals surface area contributed by atoms with Crippen LogP contribution in [0, 0.1) is 45.3 Å². The summed E-state index contributed by atoms with van der Waals surface area (Å²) in [6.45, 7) is 13.4. The number of Topliss-reactive ketones (excluding diaryl/α,β-unsaturated/α-hetero) is 2. The van der Waals surface area contributed by atoms with Gasteiger partial charge in [0.1, 0.15) is 5.78 Å². The Morgan fingerprint density at radius 1 is 1.07 bits per heavy atom. The van der Waals surface area contributed by atoms with Gasteiger partial charge in [0, 0.05) is 52.7 Å². The second-order valence-corrected chi connectivity index (χ2v) is 16.0. The van der Waals surface area contributed by atoms with Crippen LogP contribution in [0.25, 0.3) is 0 Å². The standard InChI is InChI=1S/C34H51N3O7/c1-17(27(41)42)12-21(38)19(16-37-28(35)36)18(2)20-13-34(44)11-10-33(43)15-23-29(3,4)24(40)8-9-30(23,5)25-22(39)14-31(20,6)32(34,7)26(25)33/h12,18-21,23,38,43-44H,8-11,13-16H2,1-7H3,(H,41,42)(H4,35,36,37)/b17-12+/t18-,19+,20-,21-,23-,30+,31-,32+,33-,34+/m1/s1. The number of fused-ring (bicyclic) bond motifs is 2. The van der Waals surface area contributed by atoms with Crippen LogP contribution in [0.3, 0.4) is 0 Å². The highest BCUT2D eigenvalue weighted by molar-refractivity contribution is 6.01. The van der Waals surface area contributed by atoms with E-state index >= 15 is 0 Å². The average molecular weight is 614 g/mol. The van der Waals surface area contributed by atoms with Crippen molar-refractivity contribution < 1.29 is 34.8 Å². The maximum absolute atomic E-state index is 14.6. The summed E-state index contributed by atoms with van der Waals surface area (Å²) < 4.78 is 0. The van der Waals surface area contributed by atoms with Crippen molar-refractivity contribution in [3.05, 3.63) is 22.8 Å². The van der Waals surface area contributed by atoms with E-state index in [0.29, 0.717) is 49.7 Å². The molecular weight excluding hydrogens is 562 g/mol. The highest BCUT2D eigenvalue weighted by atomic mass is 16.4. The molecule has 5 aliphatic rings. The SMILES string of the molecule is C/C(=C\[C@@H](O)[C@@H](CN=C(N)N)[C@@H](C)[C@H]1C[C@@]2(O)CC[C@@]3(O)C[C@@H]4C(C)(C)C(=O)CC[C@]4(C)C4=C3[C@@]2(C)[C@]1(C)CC4=O)C(=O)O. The Morgan fingerprint density at radius 2 is 1.70 bits per heavy atom. The van der Waals surface area contributed by atoms with Crippen LogP contribution in [0.2, 0.25) is 0 Å². The molecule has 0 amide bonds. The number of ketones is 2. The Kier molecular flexibility index (Phi) is 7.44. The summed E-state index contributed by atoms with van der Waals surface area (Å²) in [5, 5.41) is 46.0. The number of hydrogen-bond donors (Lipinski definition) is 6. The molecule has 0 saturated heterocycles. The van der Waals surface area contributed by atoms with Crippen molar-refractivity contribution in [1.82, 2.24) is 0 Å². The molecule has 0 aromatic carbocycles. The van der Waals surface area contributed by atoms with E-state index < -0.39 is 50.9 Å². The van der Waals surface area contributed by atoms with Crippen molar-refractivity contribution in [2.24, 2.45) is 61.8 Å². The number of carbonyl (C=O) groups excluding carboxylic acids is 2. The second kappa shape index (κ2) is 9.97. The van der Waals surface area contributed by atoms with Crippen LogP contribution >= 0.6 is 0 Å². The van der Waals surface area contributed by atoms with Gasteiger partial charge in [0.25, 0.3) is 0 Å². The molecule has 0 aliphatic heterocycles. The van der Waals surface area contributed by atoms with E-state index in [1.165, 1.54) is 13.0 Å². The van der Waals surface area contributed by atoms with E-state index in [9.17, 15) is 34.8 Å². The molecule has 10 nitrogen and oxygen atoms in total. The van der Waals surface area contributed by atoms with Crippen molar-refractivity contribution in [3.63, 3.8) is 0 Å². The second-order valence-electron chi connectivity index (χ2n) is 16.0. The van der Waals surface area contributed by atoms with Gasteiger partial charge in [-0.1, -0.05) is 41.5 Å². The topological polar surface area (TPSA) is 197 Å². The lowest BCUT2D eigenvalue weighted by Gasteiger charge is -2.67. The Bertz CT molecular complexity index is 1400. The summed E-state index contributed by atoms with van der Waals surface area (Å²) in [6.07, 6.45) is 2.50. The summed E-state index contributed by atoms with van der Waals surface area (Å²) in [5.74, 6) is -2.63. The monoisotopic (exact) mass is 613 g/mol. The van der Waals surface area contributed by atoms with Crippen LogP contribution in [0.5, 0.6) is 0 Å². The quantitative estimate of drug-likeness (QED) is 0.142. The molecular formula is C34H51N3O7. The van der Waals surface area contributed by atoms with E-state index in [2.05, 4.69) is 11.9 Å². The van der Waals surface area contributed by atoms with Crippen molar-refractivity contribution in [2.75, 3.05) is 6.54 Å². The first-order valence-electron chi connectivity index (χ1n) is 16.0. The first kappa shape index (κ1) is 32.8. The largest absolute Gasteiger partial charge is 0.478 e. The Morgan fingerprint density at radius 3 is 2.30 bits per heavy atom. The number of carboxylic acid groups (broad SMARTS) is 1. The highest BCUT2D eigenvalue weighted by Crippen LogP contribution is 2.78. The summed E-state index contributed by atoms with van der Waals surface area (Å²) >= 11 is 0. The van der Waals surface area contributed by atoms with E-state index in [-0.39, 0.29) is 53.8 Å². The van der Waals surface area contributed by atoms with Gasteiger partial charge >= 0.3 is 5.97 Å². The van der Waals surface area contributed by atoms with Crippen molar-refractivity contribution in [3.8, 4) is 0 Å². The van der Waals surface area contributed by atoms with Crippen molar-refractivity contribution in [2.45, 2.75) is 111 Å². The molecule has 3 saturated carbocycles. The zero-order valence-corrected chi connectivity index (χ0v) is 27.2. The number of aliphatic hydroxyl groups is 3. The molecule has 5 rings (SSSR count). The molecule has 0 spiro atoms. The minimum absolute atomic E-state index is 0.0112. The molecule has 0 aromatic heterocycles. The highest BCUT2D eigenvalue weighted by Gasteiger charge is 2.78. The van der Waals surface area contributed by atoms with Crippen molar-refractivity contribution >= 4 is 23.5 Å². The molecule has 244 valence electrons. The number of guanidine groups is 1. The van der Waals surface area contributed by atoms with Gasteiger partial charge in [0.05, 0.1) is 17.3 Å². The third-order valence-electron chi connectivity index (χ3n) is 13.8. The fraction of sp³-hybridized carbons (Fsp3) is 0.765. The van der Waals surface area contributed by atoms with Crippen LogP contribution in [-0.4, -0.2) is 67.8 Å². The molecule has 10 heteroatoms. The molecule has 8 N–H and O–H groups in total. The van der Waals surface area contributed by atoms with Gasteiger partial charge in [-0.05, 0) is 73.8 Å². The number of carboxylic acids is 1. The number of carbonyl (C=O) groups is 3. The summed E-state index contributed by atoms with van der Waals surface area (Å²) in [5.41, 5.74) is 7.01. The van der Waals surface area contributed by atoms with E-state index in [0.717, 1.165) is 0 Å². The van der Waals surface area contributed by atoms with E-state index in [1.807, 2.05) is 34.6 Å². The summed E-state index contributed by atoms with van der Waals surface area (Å²) in [4.78, 5) is 43.5. The van der Waals surface area contributed by atoms with E-state index in [4.69, 9.17) is 11.5 Å². The zero-order chi connectivity index (χ0) is 33.0. The van der Waals surface area contributed by atoms with Crippen molar-refractivity contribution in [1.29, 1.82) is 0 Å². The number of nitrogens with two attached hydrogens (primary N) is 2. The Hall–Kier alpha value is -2.56. The van der Waals surface area contributed by atoms with Gasteiger partial charge < -0.3 is 31.9 Å². The number of hydrogen-bond acceptors (Lipinski definition) is 7. The van der Waals surface area contributed by atoms with Crippen LogP contribution in [0.15, 0.2) is 27.8 Å². The molecule has 5 aliphatic carbocycles. The number of nitrogens with zero attached hydrogens (tertiary/aromatic N) is 1. The maximum Gasteiger partial charge on any atom is 0.331 e. The number of aliphatic hydroxyl groups excluding tert-OH is 1. The smallest absolute Gasteiger partial charge is 0.331 e. The van der Waals surface area contributed by atoms with Gasteiger partial charge in [-0.25, -0.2) is 4.79 Å². The lowest BCUT2D eigenvalue weighted by Crippen LogP contribution is -2.68. The molecule has 0 bridgehead atoms. The predicted octanol–water partition coefficient (Wildman–Crippen LogP) is 2.88. The summed E-state index contributed by atoms with van der Waals surface area (Å²) in [7, 11) is 0. The molecule has 10 atom stereocenters. The zero-order valence-electron chi connectivity index (χ0n) is 27.2. The minimum Gasteiger partial charge on any atom is -0.478 e. The number of rotatable bonds is 7. The fourth-order valence-electron chi connectivity index (χ4n) is 11.0. The predicted molar refractivity (Wildman–Crippen MR) is 165 cm³/mol. The lowest BCUT2D eigenvalue weighted by atomic mass is 9.37. The van der Waals surface area contributed by atoms with Crippen LogP contribution in [-0.2, 0) is 14.4 Å². The number of aliphatic carboxylic acids is 1. The number of aliphatic imine (C=N–C) groups is 1. The third kappa shape index (κ3) is 4.15. The summed E-state index contributed by atoms with van der Waals surface area (Å²) in [6, 6.07) is 0. The van der Waals surface area contributed by atoms with Crippen LogP contribution in [0.1, 0.15) is 93.4 Å². The van der Waals surface area contributed by atoms with Gasteiger partial charge in [-0.2, -0.15) is 0 Å². The Balaban J connectivity index is 1.67. The molecule has 44 heavy (non-hydrogen) atoms. The maximum atomic E-state index is 14.6. The first-order valence-corrected chi connectivity index (χ1v) is 16.0. The lowest BCUT2D eigenvalue weighted by molar-refractivity contribution is -0.177. The average Bonchev–Trinajstić information content (AvgIpc) is 3.09. The van der Waals surface area contributed by atoms with Crippen LogP contribution in [0.4, 0.5) is 0 Å². The molecule has 0 aromatic rings. The molecule has 0 heterocycles. The fourth-order valence-corrected chi connectivity index (χ4v) is 11.0. The minimum atomic E-state index is -1.33. The van der Waals surface area contributed by atoms with Gasteiger partial charge in [0.2, 0.25) is 0 Å². The molecule has 0 unspecified atom stereocenters. The number of allylic oxidation sites excluding steroid dienone is 1. The normalized spacial score (nSPS) is 43.1.